The molecule has 1 fully saturated rings. The minimum Gasteiger partial charge on any atom is -0.356 e. The smallest absolute Gasteiger partial charge is 0.191 e. The average Bonchev–Trinajstić information content (AvgIpc) is 3.24. The predicted octanol–water partition coefficient (Wildman–Crippen LogP) is 2.58. The first-order valence-electron chi connectivity index (χ1n) is 8.43. The zero-order valence-corrected chi connectivity index (χ0v) is 15.0. The van der Waals surface area contributed by atoms with E-state index < -0.39 is 0 Å². The van der Waals surface area contributed by atoms with Gasteiger partial charge in [-0.05, 0) is 43.2 Å². The molecule has 2 rings (SSSR count). The van der Waals surface area contributed by atoms with Crippen LogP contribution in [0.1, 0.15) is 31.6 Å². The van der Waals surface area contributed by atoms with Gasteiger partial charge in [-0.3, -0.25) is 9.89 Å². The third-order valence-corrected chi connectivity index (χ3v) is 5.03. The van der Waals surface area contributed by atoms with Crippen LogP contribution < -0.4 is 10.6 Å². The standard InChI is InChI=1S/C17H30N4S/c1-4-21(15-7-8-15)10-9-19-17(18-3)20-13-14(2)12-16-6-5-11-22-16/h5-6,11,14-15H,4,7-10,12-13H2,1-3H3,(H2,18,19,20). The van der Waals surface area contributed by atoms with Crippen molar-refractivity contribution < 1.29 is 0 Å². The van der Waals surface area contributed by atoms with Crippen molar-refractivity contribution in [3.05, 3.63) is 22.4 Å². The van der Waals surface area contributed by atoms with Gasteiger partial charge in [-0.1, -0.05) is 19.9 Å². The van der Waals surface area contributed by atoms with E-state index in [1.165, 1.54) is 17.7 Å². The van der Waals surface area contributed by atoms with Crippen molar-refractivity contribution in [3.8, 4) is 0 Å². The maximum Gasteiger partial charge on any atom is 0.191 e. The molecule has 0 amide bonds. The molecular weight excluding hydrogens is 292 g/mol. The van der Waals surface area contributed by atoms with Gasteiger partial charge >= 0.3 is 0 Å². The lowest BCUT2D eigenvalue weighted by atomic mass is 10.1. The molecule has 1 aromatic heterocycles. The summed E-state index contributed by atoms with van der Waals surface area (Å²) in [7, 11) is 1.84. The Hall–Kier alpha value is -1.07. The fourth-order valence-electron chi connectivity index (χ4n) is 2.69. The van der Waals surface area contributed by atoms with Crippen molar-refractivity contribution in [1.29, 1.82) is 0 Å². The van der Waals surface area contributed by atoms with Gasteiger partial charge in [0.05, 0.1) is 0 Å². The summed E-state index contributed by atoms with van der Waals surface area (Å²) in [4.78, 5) is 8.33. The molecule has 0 spiro atoms. The number of hydrogen-bond donors (Lipinski definition) is 2. The Kier molecular flexibility index (Phi) is 7.19. The zero-order valence-electron chi connectivity index (χ0n) is 14.1. The molecule has 1 saturated carbocycles. The third-order valence-electron chi connectivity index (χ3n) is 4.13. The molecule has 4 nitrogen and oxygen atoms in total. The minimum atomic E-state index is 0.607. The normalized spacial score (nSPS) is 16.8. The van der Waals surface area contributed by atoms with Gasteiger partial charge in [-0.25, -0.2) is 0 Å². The summed E-state index contributed by atoms with van der Waals surface area (Å²) in [6.07, 6.45) is 3.88. The lowest BCUT2D eigenvalue weighted by molar-refractivity contribution is 0.282. The van der Waals surface area contributed by atoms with Gasteiger partial charge in [0.1, 0.15) is 0 Å². The van der Waals surface area contributed by atoms with E-state index in [1.54, 1.807) is 0 Å². The highest BCUT2D eigenvalue weighted by Gasteiger charge is 2.27. The Balaban J connectivity index is 1.62. The van der Waals surface area contributed by atoms with E-state index in [0.717, 1.165) is 44.6 Å². The van der Waals surface area contributed by atoms with E-state index in [-0.39, 0.29) is 0 Å². The van der Waals surface area contributed by atoms with Gasteiger partial charge < -0.3 is 10.6 Å². The van der Waals surface area contributed by atoms with E-state index in [2.05, 4.69) is 51.9 Å². The molecule has 0 aromatic carbocycles. The van der Waals surface area contributed by atoms with Crippen LogP contribution in [-0.2, 0) is 6.42 Å². The van der Waals surface area contributed by atoms with E-state index in [0.29, 0.717) is 5.92 Å². The maximum absolute atomic E-state index is 4.32. The topological polar surface area (TPSA) is 39.7 Å². The first kappa shape index (κ1) is 17.3. The van der Waals surface area contributed by atoms with Crippen LogP contribution in [0.25, 0.3) is 0 Å². The molecule has 0 bridgehead atoms. The molecule has 1 aliphatic rings. The molecule has 1 unspecified atom stereocenters. The van der Waals surface area contributed by atoms with Gasteiger partial charge in [-0.2, -0.15) is 0 Å². The fourth-order valence-corrected chi connectivity index (χ4v) is 3.56. The Morgan fingerprint density at radius 1 is 1.45 bits per heavy atom. The lowest BCUT2D eigenvalue weighted by Gasteiger charge is -2.21. The van der Waals surface area contributed by atoms with Crippen molar-refractivity contribution in [2.75, 3.05) is 33.2 Å². The van der Waals surface area contributed by atoms with Gasteiger partial charge in [0, 0.05) is 37.6 Å². The van der Waals surface area contributed by atoms with Gasteiger partial charge in [0.2, 0.25) is 0 Å². The van der Waals surface area contributed by atoms with Crippen LogP contribution in [0.3, 0.4) is 0 Å². The molecule has 1 aliphatic carbocycles. The minimum absolute atomic E-state index is 0.607. The van der Waals surface area contributed by atoms with Crippen molar-refractivity contribution in [2.24, 2.45) is 10.9 Å². The molecule has 1 atom stereocenters. The van der Waals surface area contributed by atoms with Gasteiger partial charge in [0.15, 0.2) is 5.96 Å². The van der Waals surface area contributed by atoms with E-state index in [1.807, 2.05) is 18.4 Å². The highest BCUT2D eigenvalue weighted by Crippen LogP contribution is 2.25. The second kappa shape index (κ2) is 9.16. The second-order valence-corrected chi connectivity index (χ2v) is 7.16. The van der Waals surface area contributed by atoms with Crippen LogP contribution in [0.2, 0.25) is 0 Å². The Morgan fingerprint density at radius 2 is 2.27 bits per heavy atom. The molecule has 1 heterocycles. The Labute approximate surface area is 139 Å². The maximum atomic E-state index is 4.32. The summed E-state index contributed by atoms with van der Waals surface area (Å²) in [6.45, 7) is 8.70. The lowest BCUT2D eigenvalue weighted by Crippen LogP contribution is -2.43. The zero-order chi connectivity index (χ0) is 15.8. The van der Waals surface area contributed by atoms with Crippen LogP contribution >= 0.6 is 11.3 Å². The monoisotopic (exact) mass is 322 g/mol. The first-order chi connectivity index (χ1) is 10.7. The van der Waals surface area contributed by atoms with Crippen molar-refractivity contribution in [1.82, 2.24) is 15.5 Å². The van der Waals surface area contributed by atoms with Gasteiger partial charge in [0.25, 0.3) is 0 Å². The molecule has 124 valence electrons. The molecular formula is C17H30N4S. The largest absolute Gasteiger partial charge is 0.356 e. The molecule has 22 heavy (non-hydrogen) atoms. The van der Waals surface area contributed by atoms with E-state index >= 15 is 0 Å². The number of rotatable bonds is 9. The highest BCUT2D eigenvalue weighted by atomic mass is 32.1. The summed E-state index contributed by atoms with van der Waals surface area (Å²) in [5, 5.41) is 9.02. The quantitative estimate of drug-likeness (QED) is 0.542. The van der Waals surface area contributed by atoms with E-state index in [4.69, 9.17) is 0 Å². The van der Waals surface area contributed by atoms with Crippen molar-refractivity contribution >= 4 is 17.3 Å². The summed E-state index contributed by atoms with van der Waals surface area (Å²) < 4.78 is 0. The Bertz CT molecular complexity index is 440. The third kappa shape index (κ3) is 5.97. The number of thiophene rings is 1. The van der Waals surface area contributed by atoms with Gasteiger partial charge in [-0.15, -0.1) is 11.3 Å². The fraction of sp³-hybridized carbons (Fsp3) is 0.706. The predicted molar refractivity (Wildman–Crippen MR) is 96.8 cm³/mol. The number of likely N-dealkylation sites (N-methyl/N-ethyl adjacent to an activating group) is 1. The second-order valence-electron chi connectivity index (χ2n) is 6.13. The van der Waals surface area contributed by atoms with Crippen LogP contribution in [0.5, 0.6) is 0 Å². The number of nitrogens with one attached hydrogen (secondary N) is 2. The van der Waals surface area contributed by atoms with Crippen molar-refractivity contribution in [3.63, 3.8) is 0 Å². The molecule has 1 aromatic rings. The van der Waals surface area contributed by atoms with Crippen LogP contribution in [0, 0.1) is 5.92 Å². The molecule has 2 N–H and O–H groups in total. The summed E-state index contributed by atoms with van der Waals surface area (Å²) >= 11 is 1.84. The first-order valence-corrected chi connectivity index (χ1v) is 9.31. The molecule has 0 saturated heterocycles. The molecule has 0 radical (unpaired) electrons. The highest BCUT2D eigenvalue weighted by molar-refractivity contribution is 7.09. The Morgan fingerprint density at radius 3 is 2.86 bits per heavy atom. The number of hydrogen-bond acceptors (Lipinski definition) is 3. The number of guanidine groups is 1. The average molecular weight is 323 g/mol. The van der Waals surface area contributed by atoms with Crippen LogP contribution in [0.4, 0.5) is 0 Å². The molecule has 0 aliphatic heterocycles. The van der Waals surface area contributed by atoms with Crippen molar-refractivity contribution in [2.45, 2.75) is 39.2 Å². The summed E-state index contributed by atoms with van der Waals surface area (Å²) in [5.74, 6) is 1.53. The van der Waals surface area contributed by atoms with E-state index in [9.17, 15) is 0 Å². The van der Waals surface area contributed by atoms with Crippen LogP contribution in [0.15, 0.2) is 22.5 Å². The number of aliphatic imine (C=N–C) groups is 1. The van der Waals surface area contributed by atoms with Crippen LogP contribution in [-0.4, -0.2) is 50.1 Å². The summed E-state index contributed by atoms with van der Waals surface area (Å²) in [5.41, 5.74) is 0. The summed E-state index contributed by atoms with van der Waals surface area (Å²) in [6, 6.07) is 5.18. The SMILES string of the molecule is CCN(CCNC(=NC)NCC(C)Cc1cccs1)C1CC1. The molecule has 5 heteroatoms. The number of nitrogens with zero attached hydrogens (tertiary/aromatic N) is 2.